The average molecular weight is 212 g/mol. The Morgan fingerprint density at radius 3 is 2.20 bits per heavy atom. The van der Waals surface area contributed by atoms with Crippen LogP contribution in [0.3, 0.4) is 0 Å². The van der Waals surface area contributed by atoms with Crippen LogP contribution >= 0.6 is 0 Å². The van der Waals surface area contributed by atoms with Gasteiger partial charge >= 0.3 is 0 Å². The molecular formula is C11H20N2O2. The second kappa shape index (κ2) is 4.21. The second-order valence-corrected chi connectivity index (χ2v) is 4.64. The van der Waals surface area contributed by atoms with Crippen molar-refractivity contribution in [1.29, 1.82) is 0 Å². The van der Waals surface area contributed by atoms with Crippen molar-refractivity contribution in [2.24, 2.45) is 5.92 Å². The number of nitrogens with zero attached hydrogens (tertiary/aromatic N) is 1. The first-order valence-corrected chi connectivity index (χ1v) is 5.48. The van der Waals surface area contributed by atoms with Crippen molar-refractivity contribution in [3.05, 3.63) is 0 Å². The molecular weight excluding hydrogens is 192 g/mol. The van der Waals surface area contributed by atoms with E-state index in [9.17, 15) is 9.59 Å². The van der Waals surface area contributed by atoms with E-state index in [0.717, 1.165) is 0 Å². The van der Waals surface area contributed by atoms with Gasteiger partial charge in [-0.15, -0.1) is 0 Å². The molecule has 0 aromatic rings. The van der Waals surface area contributed by atoms with Gasteiger partial charge in [0.25, 0.3) is 0 Å². The average Bonchev–Trinajstić information content (AvgIpc) is 2.15. The molecule has 15 heavy (non-hydrogen) atoms. The van der Waals surface area contributed by atoms with Gasteiger partial charge in [-0.05, 0) is 26.7 Å². The van der Waals surface area contributed by atoms with Gasteiger partial charge in [-0.25, -0.2) is 0 Å². The number of nitrogens with one attached hydrogen (secondary N) is 1. The molecule has 0 bridgehead atoms. The molecule has 3 atom stereocenters. The van der Waals surface area contributed by atoms with Gasteiger partial charge in [-0.3, -0.25) is 9.59 Å². The summed E-state index contributed by atoms with van der Waals surface area (Å²) in [5.74, 6) is 0.312. The molecule has 0 saturated carbocycles. The highest BCUT2D eigenvalue weighted by Gasteiger charge is 2.38. The maximum atomic E-state index is 11.9. The fraction of sp³-hybridized carbons (Fsp3) is 0.818. The number of piperazine rings is 1. The summed E-state index contributed by atoms with van der Waals surface area (Å²) >= 11 is 0. The van der Waals surface area contributed by atoms with Gasteiger partial charge in [0.05, 0.1) is 0 Å². The van der Waals surface area contributed by atoms with Crippen LogP contribution in [0.4, 0.5) is 0 Å². The van der Waals surface area contributed by atoms with Gasteiger partial charge in [0, 0.05) is 6.04 Å². The van der Waals surface area contributed by atoms with E-state index in [-0.39, 0.29) is 23.9 Å². The molecule has 1 fully saturated rings. The van der Waals surface area contributed by atoms with Gasteiger partial charge in [0.2, 0.25) is 11.8 Å². The van der Waals surface area contributed by atoms with Gasteiger partial charge in [-0.1, -0.05) is 13.8 Å². The third kappa shape index (κ3) is 2.13. The molecule has 0 aromatic heterocycles. The highest BCUT2D eigenvalue weighted by atomic mass is 16.2. The van der Waals surface area contributed by atoms with E-state index >= 15 is 0 Å². The van der Waals surface area contributed by atoms with E-state index in [1.54, 1.807) is 18.7 Å². The number of carbonyl (C=O) groups is 2. The summed E-state index contributed by atoms with van der Waals surface area (Å²) in [6.45, 7) is 9.61. The molecule has 0 radical (unpaired) electrons. The zero-order valence-electron chi connectivity index (χ0n) is 10.1. The number of hydrogen-bond donors (Lipinski definition) is 1. The summed E-state index contributed by atoms with van der Waals surface area (Å²) < 4.78 is 0. The molecule has 1 saturated heterocycles. The fourth-order valence-electron chi connectivity index (χ4n) is 1.81. The van der Waals surface area contributed by atoms with Crippen LogP contribution in [0.1, 0.15) is 34.6 Å². The molecule has 2 amide bonds. The molecule has 86 valence electrons. The van der Waals surface area contributed by atoms with Crippen molar-refractivity contribution >= 4 is 11.8 Å². The van der Waals surface area contributed by atoms with Crippen molar-refractivity contribution in [2.45, 2.75) is 52.7 Å². The van der Waals surface area contributed by atoms with Crippen molar-refractivity contribution in [2.75, 3.05) is 0 Å². The van der Waals surface area contributed by atoms with Gasteiger partial charge in [0.15, 0.2) is 0 Å². The third-order valence-corrected chi connectivity index (χ3v) is 3.18. The molecule has 0 spiro atoms. The van der Waals surface area contributed by atoms with Crippen LogP contribution in [0.15, 0.2) is 0 Å². The highest BCUT2D eigenvalue weighted by molar-refractivity contribution is 5.96. The smallest absolute Gasteiger partial charge is 0.245 e. The van der Waals surface area contributed by atoms with E-state index in [1.165, 1.54) is 0 Å². The zero-order chi connectivity index (χ0) is 11.7. The van der Waals surface area contributed by atoms with Crippen molar-refractivity contribution in [3.63, 3.8) is 0 Å². The Balaban J connectivity index is 2.91. The van der Waals surface area contributed by atoms with Crippen molar-refractivity contribution < 1.29 is 9.59 Å². The molecule has 1 rings (SSSR count). The van der Waals surface area contributed by atoms with E-state index in [4.69, 9.17) is 0 Å². The topological polar surface area (TPSA) is 49.4 Å². The molecule has 1 aliphatic rings. The Hall–Kier alpha value is -1.06. The summed E-state index contributed by atoms with van der Waals surface area (Å²) in [6, 6.07) is -0.651. The number of amides is 2. The third-order valence-electron chi connectivity index (χ3n) is 3.18. The van der Waals surface area contributed by atoms with E-state index in [0.29, 0.717) is 5.92 Å². The van der Waals surface area contributed by atoms with E-state index < -0.39 is 6.04 Å². The molecule has 1 aliphatic heterocycles. The molecule has 1 N–H and O–H groups in total. The normalized spacial score (nSPS) is 29.3. The lowest BCUT2D eigenvalue weighted by Crippen LogP contribution is -2.64. The van der Waals surface area contributed by atoms with Gasteiger partial charge in [-0.2, -0.15) is 0 Å². The zero-order valence-corrected chi connectivity index (χ0v) is 10.1. The monoisotopic (exact) mass is 212 g/mol. The van der Waals surface area contributed by atoms with Crippen LogP contribution in [-0.2, 0) is 9.59 Å². The van der Waals surface area contributed by atoms with E-state index in [2.05, 4.69) is 19.2 Å². The summed E-state index contributed by atoms with van der Waals surface area (Å²) in [7, 11) is 0. The number of carbonyl (C=O) groups excluding carboxylic acids is 2. The first-order chi connectivity index (χ1) is 6.86. The minimum Gasteiger partial charge on any atom is -0.343 e. The van der Waals surface area contributed by atoms with Crippen LogP contribution in [0.2, 0.25) is 0 Å². The summed E-state index contributed by atoms with van der Waals surface area (Å²) in [4.78, 5) is 25.2. The largest absolute Gasteiger partial charge is 0.343 e. The Kier molecular flexibility index (Phi) is 3.37. The molecule has 3 unspecified atom stereocenters. The first-order valence-electron chi connectivity index (χ1n) is 5.48. The van der Waals surface area contributed by atoms with Crippen LogP contribution in [0, 0.1) is 5.92 Å². The Morgan fingerprint density at radius 1 is 1.20 bits per heavy atom. The standard InChI is InChI=1S/C11H20N2O2/c1-6(2)8(4)13-9(5)10(14)12-7(3)11(13)15/h6-9H,1-5H3,(H,12,14). The second-order valence-electron chi connectivity index (χ2n) is 4.64. The van der Waals surface area contributed by atoms with Crippen molar-refractivity contribution in [1.82, 2.24) is 10.2 Å². The lowest BCUT2D eigenvalue weighted by molar-refractivity contribution is -0.151. The van der Waals surface area contributed by atoms with Crippen LogP contribution < -0.4 is 5.32 Å². The SMILES string of the molecule is CC1NC(=O)C(C)N(C(C)C(C)C)C1=O. The quantitative estimate of drug-likeness (QED) is 0.735. The lowest BCUT2D eigenvalue weighted by atomic mass is 9.99. The molecule has 0 aromatic carbocycles. The summed E-state index contributed by atoms with van der Waals surface area (Å²) in [5.41, 5.74) is 0. The predicted molar refractivity (Wildman–Crippen MR) is 58.2 cm³/mol. The molecule has 0 aliphatic carbocycles. The minimum atomic E-state index is -0.394. The van der Waals surface area contributed by atoms with Crippen LogP contribution in [-0.4, -0.2) is 34.8 Å². The Morgan fingerprint density at radius 2 is 1.73 bits per heavy atom. The number of rotatable bonds is 2. The fourth-order valence-corrected chi connectivity index (χ4v) is 1.81. The maximum Gasteiger partial charge on any atom is 0.245 e. The predicted octanol–water partition coefficient (Wildman–Crippen LogP) is 0.766. The van der Waals surface area contributed by atoms with Gasteiger partial charge < -0.3 is 10.2 Å². The summed E-state index contributed by atoms with van der Waals surface area (Å²) in [5, 5.41) is 2.67. The first kappa shape index (κ1) is 12.0. The maximum absolute atomic E-state index is 11.9. The lowest BCUT2D eigenvalue weighted by Gasteiger charge is -2.41. The highest BCUT2D eigenvalue weighted by Crippen LogP contribution is 2.18. The van der Waals surface area contributed by atoms with Crippen LogP contribution in [0.5, 0.6) is 0 Å². The van der Waals surface area contributed by atoms with E-state index in [1.807, 2.05) is 6.92 Å². The van der Waals surface area contributed by atoms with Crippen molar-refractivity contribution in [3.8, 4) is 0 Å². The van der Waals surface area contributed by atoms with Crippen LogP contribution in [0.25, 0.3) is 0 Å². The number of hydrogen-bond acceptors (Lipinski definition) is 2. The molecule has 1 heterocycles. The molecule has 4 heteroatoms. The Bertz CT molecular complexity index is 276. The van der Waals surface area contributed by atoms with Gasteiger partial charge in [0.1, 0.15) is 12.1 Å². The molecule has 4 nitrogen and oxygen atoms in total. The minimum absolute atomic E-state index is 0.0169. The summed E-state index contributed by atoms with van der Waals surface area (Å²) in [6.07, 6.45) is 0. The Labute approximate surface area is 91.0 Å².